The molecule has 23 heavy (non-hydrogen) atoms. The summed E-state index contributed by atoms with van der Waals surface area (Å²) in [6, 6.07) is 7.86. The van der Waals surface area contributed by atoms with Crippen LogP contribution in [-0.4, -0.2) is 36.5 Å². The lowest BCUT2D eigenvalue weighted by Gasteiger charge is -2.07. The van der Waals surface area contributed by atoms with Crippen LogP contribution in [0, 0.1) is 0 Å². The van der Waals surface area contributed by atoms with Gasteiger partial charge in [-0.1, -0.05) is 25.5 Å². The number of amides is 1. The highest BCUT2D eigenvalue weighted by Crippen LogP contribution is 2.17. The fourth-order valence-electron chi connectivity index (χ4n) is 2.11. The third kappa shape index (κ3) is 6.00. The van der Waals surface area contributed by atoms with E-state index in [0.717, 1.165) is 25.1 Å². The van der Waals surface area contributed by atoms with Crippen molar-refractivity contribution in [3.8, 4) is 5.75 Å². The van der Waals surface area contributed by atoms with Gasteiger partial charge in [-0.05, 0) is 38.2 Å². The van der Waals surface area contributed by atoms with Crippen LogP contribution in [-0.2, 0) is 17.8 Å². The molecule has 1 N–H and O–H groups in total. The van der Waals surface area contributed by atoms with Crippen LogP contribution in [0.1, 0.15) is 24.6 Å². The second kappa shape index (κ2) is 8.64. The van der Waals surface area contributed by atoms with Crippen LogP contribution in [0.5, 0.6) is 5.75 Å². The third-order valence-corrected chi connectivity index (χ3v) is 3.91. The van der Waals surface area contributed by atoms with Gasteiger partial charge in [0, 0.05) is 11.9 Å². The number of anilines is 1. The van der Waals surface area contributed by atoms with E-state index in [9.17, 15) is 4.79 Å². The van der Waals surface area contributed by atoms with E-state index in [0.29, 0.717) is 10.9 Å². The number of ether oxygens (including phenoxy) is 1. The van der Waals surface area contributed by atoms with Crippen molar-refractivity contribution in [2.45, 2.75) is 26.3 Å². The van der Waals surface area contributed by atoms with Gasteiger partial charge in [-0.3, -0.25) is 10.1 Å². The highest BCUT2D eigenvalue weighted by atomic mass is 32.1. The summed E-state index contributed by atoms with van der Waals surface area (Å²) >= 11 is 1.42. The fourth-order valence-corrected chi connectivity index (χ4v) is 2.82. The number of thiazole rings is 1. The topological polar surface area (TPSA) is 54.5 Å². The number of nitrogens with one attached hydrogen (secondary N) is 1. The fraction of sp³-hybridized carbons (Fsp3) is 0.412. The quantitative estimate of drug-likeness (QED) is 0.806. The van der Waals surface area contributed by atoms with Crippen LogP contribution in [0.15, 0.2) is 29.6 Å². The SMILES string of the molecule is CCCc1ccc(OCC(=O)Nc2nc(CN(C)C)cs2)cc1. The van der Waals surface area contributed by atoms with E-state index >= 15 is 0 Å². The first-order chi connectivity index (χ1) is 11.1. The first-order valence-electron chi connectivity index (χ1n) is 7.67. The van der Waals surface area contributed by atoms with Gasteiger partial charge in [-0.25, -0.2) is 4.98 Å². The van der Waals surface area contributed by atoms with Crippen LogP contribution in [0.2, 0.25) is 0 Å². The standard InChI is InChI=1S/C17H23N3O2S/c1-4-5-13-6-8-15(9-7-13)22-11-16(21)19-17-18-14(12-23-17)10-20(2)3/h6-9,12H,4-5,10-11H2,1-3H3,(H,18,19,21). The zero-order chi connectivity index (χ0) is 16.7. The number of carbonyl (C=O) groups excluding carboxylic acids is 1. The maximum absolute atomic E-state index is 11.9. The van der Waals surface area contributed by atoms with Crippen molar-refractivity contribution in [1.82, 2.24) is 9.88 Å². The number of aromatic nitrogens is 1. The second-order valence-corrected chi connectivity index (χ2v) is 6.47. The summed E-state index contributed by atoms with van der Waals surface area (Å²) in [4.78, 5) is 18.3. The van der Waals surface area contributed by atoms with Gasteiger partial charge in [0.25, 0.3) is 5.91 Å². The molecule has 5 nitrogen and oxygen atoms in total. The number of aryl methyl sites for hydroxylation is 1. The Bertz CT molecular complexity index is 623. The lowest BCUT2D eigenvalue weighted by Crippen LogP contribution is -2.20. The maximum Gasteiger partial charge on any atom is 0.264 e. The molecule has 1 amide bonds. The Kier molecular flexibility index (Phi) is 6.55. The lowest BCUT2D eigenvalue weighted by atomic mass is 10.1. The van der Waals surface area contributed by atoms with E-state index in [1.807, 2.05) is 48.6 Å². The summed E-state index contributed by atoms with van der Waals surface area (Å²) in [5.41, 5.74) is 2.23. The predicted octanol–water partition coefficient (Wildman–Crippen LogP) is 3.17. The smallest absolute Gasteiger partial charge is 0.264 e. The molecular weight excluding hydrogens is 310 g/mol. The number of benzene rings is 1. The van der Waals surface area contributed by atoms with Crippen molar-refractivity contribution in [3.05, 3.63) is 40.9 Å². The van der Waals surface area contributed by atoms with Crippen molar-refractivity contribution < 1.29 is 9.53 Å². The molecule has 0 unspecified atom stereocenters. The van der Waals surface area contributed by atoms with Crippen LogP contribution in [0.4, 0.5) is 5.13 Å². The monoisotopic (exact) mass is 333 g/mol. The summed E-state index contributed by atoms with van der Waals surface area (Å²) in [5.74, 6) is 0.501. The highest BCUT2D eigenvalue weighted by Gasteiger charge is 2.08. The van der Waals surface area contributed by atoms with E-state index in [2.05, 4.69) is 17.2 Å². The minimum Gasteiger partial charge on any atom is -0.484 e. The van der Waals surface area contributed by atoms with Gasteiger partial charge >= 0.3 is 0 Å². The molecule has 0 saturated heterocycles. The zero-order valence-electron chi connectivity index (χ0n) is 13.8. The van der Waals surface area contributed by atoms with Gasteiger partial charge in [0.05, 0.1) is 5.69 Å². The molecule has 0 fully saturated rings. The molecule has 2 rings (SSSR count). The zero-order valence-corrected chi connectivity index (χ0v) is 14.7. The second-order valence-electron chi connectivity index (χ2n) is 5.61. The highest BCUT2D eigenvalue weighted by molar-refractivity contribution is 7.13. The van der Waals surface area contributed by atoms with Crippen molar-refractivity contribution in [1.29, 1.82) is 0 Å². The Labute approximate surface area is 141 Å². The van der Waals surface area contributed by atoms with Crippen molar-refractivity contribution in [3.63, 3.8) is 0 Å². The average molecular weight is 333 g/mol. The molecule has 6 heteroatoms. The maximum atomic E-state index is 11.9. The number of rotatable bonds is 8. The summed E-state index contributed by atoms with van der Waals surface area (Å²) in [6.07, 6.45) is 2.17. The van der Waals surface area contributed by atoms with Crippen molar-refractivity contribution in [2.24, 2.45) is 0 Å². The molecule has 0 aliphatic carbocycles. The summed E-state index contributed by atoms with van der Waals surface area (Å²) in [5, 5.41) is 5.32. The van der Waals surface area contributed by atoms with Gasteiger partial charge in [-0.2, -0.15) is 0 Å². The molecule has 1 aromatic heterocycles. The Hall–Kier alpha value is -1.92. The Balaban J connectivity index is 1.79. The molecule has 0 spiro atoms. The van der Waals surface area contributed by atoms with Crippen LogP contribution < -0.4 is 10.1 Å². The van der Waals surface area contributed by atoms with Gasteiger partial charge < -0.3 is 9.64 Å². The first kappa shape index (κ1) is 17.4. The molecule has 0 bridgehead atoms. The van der Waals surface area contributed by atoms with E-state index in [1.165, 1.54) is 16.9 Å². The predicted molar refractivity (Wildman–Crippen MR) is 94.1 cm³/mol. The first-order valence-corrected chi connectivity index (χ1v) is 8.55. The van der Waals surface area contributed by atoms with Crippen molar-refractivity contribution >= 4 is 22.4 Å². The average Bonchev–Trinajstić information content (AvgIpc) is 2.93. The molecule has 124 valence electrons. The van der Waals surface area contributed by atoms with Gasteiger partial charge in [0.2, 0.25) is 0 Å². The normalized spacial score (nSPS) is 10.8. The van der Waals surface area contributed by atoms with E-state index < -0.39 is 0 Å². The Morgan fingerprint density at radius 2 is 2.04 bits per heavy atom. The summed E-state index contributed by atoms with van der Waals surface area (Å²) in [6.45, 7) is 2.89. The minimum atomic E-state index is -0.201. The number of carbonyl (C=O) groups is 1. The van der Waals surface area contributed by atoms with E-state index in [4.69, 9.17) is 4.74 Å². The van der Waals surface area contributed by atoms with Gasteiger partial charge in [-0.15, -0.1) is 11.3 Å². The number of hydrogen-bond acceptors (Lipinski definition) is 5. The number of hydrogen-bond donors (Lipinski definition) is 1. The molecule has 0 atom stereocenters. The Morgan fingerprint density at radius 3 is 2.70 bits per heavy atom. The lowest BCUT2D eigenvalue weighted by molar-refractivity contribution is -0.118. The number of nitrogens with zero attached hydrogens (tertiary/aromatic N) is 2. The van der Waals surface area contributed by atoms with Crippen molar-refractivity contribution in [2.75, 3.05) is 26.0 Å². The van der Waals surface area contributed by atoms with Gasteiger partial charge in [0.15, 0.2) is 11.7 Å². The van der Waals surface area contributed by atoms with Crippen LogP contribution in [0.25, 0.3) is 0 Å². The molecule has 0 radical (unpaired) electrons. The molecule has 0 saturated carbocycles. The van der Waals surface area contributed by atoms with Crippen LogP contribution in [0.3, 0.4) is 0 Å². The summed E-state index contributed by atoms with van der Waals surface area (Å²) < 4.78 is 5.50. The molecule has 0 aliphatic rings. The Morgan fingerprint density at radius 1 is 1.30 bits per heavy atom. The summed E-state index contributed by atoms with van der Waals surface area (Å²) in [7, 11) is 3.97. The molecular formula is C17H23N3O2S. The largest absolute Gasteiger partial charge is 0.484 e. The third-order valence-electron chi connectivity index (χ3n) is 3.11. The van der Waals surface area contributed by atoms with Crippen LogP contribution >= 0.6 is 11.3 Å². The van der Waals surface area contributed by atoms with Gasteiger partial charge in [0.1, 0.15) is 5.75 Å². The molecule has 2 aromatic rings. The van der Waals surface area contributed by atoms with E-state index in [-0.39, 0.29) is 12.5 Å². The van der Waals surface area contributed by atoms with E-state index in [1.54, 1.807) is 0 Å². The molecule has 1 heterocycles. The molecule has 0 aliphatic heterocycles. The minimum absolute atomic E-state index is 0.0181. The molecule has 1 aromatic carbocycles.